The van der Waals surface area contributed by atoms with Gasteiger partial charge < -0.3 is 0 Å². The monoisotopic (exact) mass is 244 g/mol. The SMILES string of the molecule is Cn1cc(C(=O)Cl)c(C(F)(Cl)Cl)n1. The molecule has 0 bridgehead atoms. The summed E-state index contributed by atoms with van der Waals surface area (Å²) in [7, 11) is 1.49. The Bertz CT molecular complexity index is 344. The number of carbonyl (C=O) groups excluding carboxylic acids is 1. The quantitative estimate of drug-likeness (QED) is 0.592. The van der Waals surface area contributed by atoms with Crippen LogP contribution in [0.15, 0.2) is 6.20 Å². The number of hydrogen-bond donors (Lipinski definition) is 0. The molecular weight excluding hydrogens is 241 g/mol. The normalized spacial score (nSPS) is 11.8. The van der Waals surface area contributed by atoms with Gasteiger partial charge in [0.2, 0.25) is 0 Å². The van der Waals surface area contributed by atoms with Crippen LogP contribution in [0.4, 0.5) is 4.39 Å². The van der Waals surface area contributed by atoms with Crippen LogP contribution < -0.4 is 0 Å². The van der Waals surface area contributed by atoms with Gasteiger partial charge >= 0.3 is 4.59 Å². The molecule has 0 N–H and O–H groups in total. The van der Waals surface area contributed by atoms with E-state index in [9.17, 15) is 9.18 Å². The first kappa shape index (κ1) is 10.8. The van der Waals surface area contributed by atoms with Gasteiger partial charge in [0.05, 0.1) is 5.56 Å². The van der Waals surface area contributed by atoms with Crippen molar-refractivity contribution in [1.29, 1.82) is 0 Å². The number of halogens is 4. The smallest absolute Gasteiger partial charge is 0.275 e. The molecule has 0 spiro atoms. The number of hydrogen-bond acceptors (Lipinski definition) is 2. The first-order valence-corrected chi connectivity index (χ1v) is 4.26. The second kappa shape index (κ2) is 3.44. The van der Waals surface area contributed by atoms with Gasteiger partial charge in [0, 0.05) is 13.2 Å². The van der Waals surface area contributed by atoms with E-state index in [0.717, 1.165) is 0 Å². The van der Waals surface area contributed by atoms with Crippen LogP contribution in [-0.2, 0) is 11.6 Å². The fraction of sp³-hybridized carbons (Fsp3) is 0.333. The molecule has 0 aliphatic rings. The maximum Gasteiger partial charge on any atom is 0.302 e. The van der Waals surface area contributed by atoms with Crippen LogP contribution in [0.1, 0.15) is 16.1 Å². The Hall–Kier alpha value is -0.320. The molecule has 1 heterocycles. The Morgan fingerprint density at radius 1 is 1.69 bits per heavy atom. The fourth-order valence-electron chi connectivity index (χ4n) is 0.842. The lowest BCUT2D eigenvalue weighted by molar-refractivity contribution is 0.107. The van der Waals surface area contributed by atoms with E-state index in [2.05, 4.69) is 5.10 Å². The molecule has 0 aliphatic heterocycles. The molecule has 0 amide bonds. The maximum atomic E-state index is 13.0. The summed E-state index contributed by atoms with van der Waals surface area (Å²) in [6.45, 7) is 0. The molecule has 0 fully saturated rings. The van der Waals surface area contributed by atoms with Gasteiger partial charge in [-0.3, -0.25) is 9.48 Å². The minimum Gasteiger partial charge on any atom is -0.275 e. The topological polar surface area (TPSA) is 34.9 Å². The standard InChI is InChI=1S/C6H4Cl3FN2O/c1-12-2-3(5(7)13)4(11-12)6(8,9)10/h2H,1H3. The molecular formula is C6H4Cl3FN2O. The highest BCUT2D eigenvalue weighted by molar-refractivity contribution is 6.68. The summed E-state index contributed by atoms with van der Waals surface area (Å²) < 4.78 is 11.5. The molecule has 7 heteroatoms. The molecule has 1 aromatic heterocycles. The van der Waals surface area contributed by atoms with Crippen LogP contribution in [0.2, 0.25) is 0 Å². The summed E-state index contributed by atoms with van der Waals surface area (Å²) in [4.78, 5) is 10.8. The molecule has 0 aromatic carbocycles. The average molecular weight is 245 g/mol. The number of carbonyl (C=O) groups is 1. The van der Waals surface area contributed by atoms with Crippen LogP contribution in [0.25, 0.3) is 0 Å². The van der Waals surface area contributed by atoms with Crippen molar-refractivity contribution in [2.24, 2.45) is 7.05 Å². The molecule has 0 unspecified atom stereocenters. The molecule has 0 saturated carbocycles. The molecule has 1 rings (SSSR count). The molecule has 72 valence electrons. The zero-order valence-electron chi connectivity index (χ0n) is 6.39. The zero-order valence-corrected chi connectivity index (χ0v) is 8.66. The number of aromatic nitrogens is 2. The maximum absolute atomic E-state index is 13.0. The Morgan fingerprint density at radius 2 is 2.23 bits per heavy atom. The first-order valence-electron chi connectivity index (χ1n) is 3.13. The van der Waals surface area contributed by atoms with Gasteiger partial charge in [0.25, 0.3) is 5.24 Å². The van der Waals surface area contributed by atoms with E-state index >= 15 is 0 Å². The number of nitrogens with zero attached hydrogens (tertiary/aromatic N) is 2. The Labute approximate surface area is 88.4 Å². The highest BCUT2D eigenvalue weighted by atomic mass is 35.5. The summed E-state index contributed by atoms with van der Waals surface area (Å²) in [6.07, 6.45) is 1.24. The first-order chi connectivity index (χ1) is 5.82. The van der Waals surface area contributed by atoms with Crippen molar-refractivity contribution in [1.82, 2.24) is 9.78 Å². The number of alkyl halides is 3. The third-order valence-electron chi connectivity index (χ3n) is 1.31. The van der Waals surface area contributed by atoms with E-state index in [4.69, 9.17) is 34.8 Å². The predicted molar refractivity (Wildman–Crippen MR) is 47.9 cm³/mol. The molecule has 0 radical (unpaired) electrons. The summed E-state index contributed by atoms with van der Waals surface area (Å²) in [5, 5.41) is 2.72. The number of rotatable bonds is 2. The lowest BCUT2D eigenvalue weighted by atomic mass is 10.3. The molecule has 1 aromatic rings. The van der Waals surface area contributed by atoms with E-state index in [0.29, 0.717) is 0 Å². The molecule has 3 nitrogen and oxygen atoms in total. The minimum atomic E-state index is -2.71. The Morgan fingerprint density at radius 3 is 2.54 bits per heavy atom. The van der Waals surface area contributed by atoms with Crippen molar-refractivity contribution in [2.45, 2.75) is 4.59 Å². The van der Waals surface area contributed by atoms with Crippen LogP contribution in [0.5, 0.6) is 0 Å². The largest absolute Gasteiger partial charge is 0.302 e. The second-order valence-electron chi connectivity index (χ2n) is 2.34. The van der Waals surface area contributed by atoms with Crippen molar-refractivity contribution in [3.8, 4) is 0 Å². The van der Waals surface area contributed by atoms with E-state index in [1.807, 2.05) is 0 Å². The van der Waals surface area contributed by atoms with Crippen molar-refractivity contribution >= 4 is 40.0 Å². The summed E-state index contributed by atoms with van der Waals surface area (Å²) in [5.74, 6) is 0. The van der Waals surface area contributed by atoms with E-state index < -0.39 is 15.5 Å². The third-order valence-corrected chi connectivity index (χ3v) is 1.87. The average Bonchev–Trinajstić information content (AvgIpc) is 2.29. The third kappa shape index (κ3) is 2.33. The van der Waals surface area contributed by atoms with Crippen molar-refractivity contribution in [3.05, 3.63) is 17.5 Å². The number of aryl methyl sites for hydroxylation is 1. The van der Waals surface area contributed by atoms with Crippen LogP contribution in [0.3, 0.4) is 0 Å². The Kier molecular flexibility index (Phi) is 2.85. The second-order valence-corrected chi connectivity index (χ2v) is 3.91. The lowest BCUT2D eigenvalue weighted by Crippen LogP contribution is -2.08. The van der Waals surface area contributed by atoms with Crippen molar-refractivity contribution < 1.29 is 9.18 Å². The van der Waals surface area contributed by atoms with Crippen LogP contribution in [0, 0.1) is 0 Å². The minimum absolute atomic E-state index is 0.142. The molecule has 0 atom stereocenters. The van der Waals surface area contributed by atoms with Gasteiger partial charge in [-0.2, -0.15) is 5.10 Å². The molecule has 13 heavy (non-hydrogen) atoms. The summed E-state index contributed by atoms with van der Waals surface area (Å²) >= 11 is 15.4. The van der Waals surface area contributed by atoms with E-state index in [-0.39, 0.29) is 5.56 Å². The fourth-order valence-corrected chi connectivity index (χ4v) is 1.26. The van der Waals surface area contributed by atoms with Gasteiger partial charge in [0.15, 0.2) is 0 Å². The van der Waals surface area contributed by atoms with E-state index in [1.54, 1.807) is 0 Å². The van der Waals surface area contributed by atoms with Gasteiger partial charge in [-0.25, -0.2) is 4.39 Å². The molecule has 0 aliphatic carbocycles. The lowest BCUT2D eigenvalue weighted by Gasteiger charge is -2.05. The predicted octanol–water partition coefficient (Wildman–Crippen LogP) is 2.36. The summed E-state index contributed by atoms with van der Waals surface area (Å²) in [5.41, 5.74) is -0.532. The summed E-state index contributed by atoms with van der Waals surface area (Å²) in [6, 6.07) is 0. The van der Waals surface area contributed by atoms with Gasteiger partial charge in [0.1, 0.15) is 5.69 Å². The molecule has 0 saturated heterocycles. The highest BCUT2D eigenvalue weighted by Crippen LogP contribution is 2.36. The van der Waals surface area contributed by atoms with Gasteiger partial charge in [-0.1, -0.05) is 23.2 Å². The Balaban J connectivity index is 3.28. The van der Waals surface area contributed by atoms with Gasteiger partial charge in [-0.05, 0) is 11.6 Å². The van der Waals surface area contributed by atoms with E-state index in [1.165, 1.54) is 17.9 Å². The zero-order chi connectivity index (χ0) is 10.2. The van der Waals surface area contributed by atoms with Crippen LogP contribution in [-0.4, -0.2) is 15.0 Å². The van der Waals surface area contributed by atoms with Crippen molar-refractivity contribution in [2.75, 3.05) is 0 Å². The van der Waals surface area contributed by atoms with Crippen LogP contribution >= 0.6 is 34.8 Å². The van der Waals surface area contributed by atoms with Crippen molar-refractivity contribution in [3.63, 3.8) is 0 Å². The van der Waals surface area contributed by atoms with Gasteiger partial charge in [-0.15, -0.1) is 0 Å². The highest BCUT2D eigenvalue weighted by Gasteiger charge is 2.33.